The van der Waals surface area contributed by atoms with Crippen LogP contribution in [0.25, 0.3) is 0 Å². The molecule has 0 radical (unpaired) electrons. The maximum absolute atomic E-state index is 13.4. The van der Waals surface area contributed by atoms with Gasteiger partial charge in [-0.15, -0.1) is 0 Å². The molecule has 1 aliphatic rings. The molecule has 0 amide bonds. The van der Waals surface area contributed by atoms with Gasteiger partial charge >= 0.3 is 45.5 Å². The van der Waals surface area contributed by atoms with Crippen LogP contribution in [0.3, 0.4) is 0 Å². The molecule has 1 fully saturated rings. The predicted octanol–water partition coefficient (Wildman–Crippen LogP) is 3.00. The highest BCUT2D eigenvalue weighted by atomic mass is 32.2. The predicted molar refractivity (Wildman–Crippen MR) is 40.8 cm³/mol. The van der Waals surface area contributed by atoms with Crippen LogP contribution < -0.4 is 0 Å². The van der Waals surface area contributed by atoms with Gasteiger partial charge in [0, 0.05) is 0 Å². The van der Waals surface area contributed by atoms with Gasteiger partial charge in [0.2, 0.25) is 0 Å². The zero-order valence-corrected chi connectivity index (χ0v) is 10.4. The molecule has 4 nitrogen and oxygen atoms in total. The molecule has 1 rings (SSSR count). The van der Waals surface area contributed by atoms with E-state index in [0.717, 1.165) is 0 Å². The van der Waals surface area contributed by atoms with E-state index in [4.69, 9.17) is 0 Å². The van der Waals surface area contributed by atoms with Crippen molar-refractivity contribution < 1.29 is 70.0 Å². The molecule has 0 N–H and O–H groups in total. The Balaban J connectivity index is 3.39. The Morgan fingerprint density at radius 2 is 1.22 bits per heavy atom. The quantitative estimate of drug-likeness (QED) is 0.544. The molecule has 1 saturated heterocycles. The largest absolute Gasteiger partial charge is 0.462 e. The molecule has 0 aliphatic carbocycles. The average Bonchev–Trinajstić information content (AvgIpc) is 2.23. The number of rotatable bonds is 3. The Labute approximate surface area is 117 Å². The van der Waals surface area contributed by atoms with Gasteiger partial charge in [0.05, 0.1) is 0 Å². The lowest BCUT2D eigenvalue weighted by Gasteiger charge is -2.46. The Morgan fingerprint density at radius 1 is 0.826 bits per heavy atom. The number of ether oxygens (including phenoxy) is 1. The summed E-state index contributed by atoms with van der Waals surface area (Å²) in [5.74, 6) is -13.6. The Morgan fingerprint density at radius 3 is 1.48 bits per heavy atom. The zero-order chi connectivity index (χ0) is 18.9. The van der Waals surface area contributed by atoms with Crippen LogP contribution in [0, 0.1) is 0 Å². The summed E-state index contributed by atoms with van der Waals surface area (Å²) in [6, 6.07) is 0. The molecule has 0 bridgehead atoms. The number of halogens is 12. The highest BCUT2D eigenvalue weighted by molar-refractivity contribution is 7.89. The van der Waals surface area contributed by atoms with E-state index in [2.05, 4.69) is 4.18 Å². The van der Waals surface area contributed by atoms with Crippen molar-refractivity contribution >= 4 is 10.1 Å². The third-order valence-electron chi connectivity index (χ3n) is 2.28. The molecular weight excluding hydrogens is 396 g/mol. The Kier molecular flexibility index (Phi) is 3.98. The molecule has 0 aromatic rings. The van der Waals surface area contributed by atoms with E-state index in [9.17, 15) is 61.1 Å². The second kappa shape index (κ2) is 4.56. The van der Waals surface area contributed by atoms with Crippen LogP contribution in [-0.4, -0.2) is 43.8 Å². The van der Waals surface area contributed by atoms with Crippen molar-refractivity contribution in [2.24, 2.45) is 0 Å². The molecule has 138 valence electrons. The summed E-state index contributed by atoms with van der Waals surface area (Å²) in [6.07, 6.45) is -21.2. The topological polar surface area (TPSA) is 52.6 Å². The second-order valence-electron chi connectivity index (χ2n) is 3.86. The SMILES string of the molecule is O=S1(=O)OC(F)(C(F)(F)F)C1(F)OC(F)(F)C(F)(F)C(F)(F)F. The van der Waals surface area contributed by atoms with Crippen molar-refractivity contribution in [3.05, 3.63) is 0 Å². The first-order valence-electron chi connectivity index (χ1n) is 4.58. The lowest BCUT2D eigenvalue weighted by Crippen LogP contribution is -2.76. The normalized spacial score (nSPS) is 32.5. The lowest BCUT2D eigenvalue weighted by atomic mass is 10.2. The van der Waals surface area contributed by atoms with Crippen LogP contribution in [0.15, 0.2) is 0 Å². The molecule has 0 spiro atoms. The number of hydrogen-bond donors (Lipinski definition) is 0. The van der Waals surface area contributed by atoms with E-state index in [1.807, 2.05) is 4.74 Å². The standard InChI is InChI=1S/C6F12O4S/c7-1(8,3(10,11)12)5(16,17)21-6(18)2(9,4(13,14)15)22-23(6,19)20. The van der Waals surface area contributed by atoms with Gasteiger partial charge in [-0.3, -0.25) is 4.74 Å². The molecule has 2 unspecified atom stereocenters. The summed E-state index contributed by atoms with van der Waals surface area (Å²) in [7, 11) is -6.72. The zero-order valence-electron chi connectivity index (χ0n) is 9.58. The van der Waals surface area contributed by atoms with Crippen LogP contribution in [0.5, 0.6) is 0 Å². The Bertz CT molecular complexity index is 592. The molecule has 17 heteroatoms. The van der Waals surface area contributed by atoms with Crippen LogP contribution >= 0.6 is 0 Å². The van der Waals surface area contributed by atoms with Gasteiger partial charge in [-0.2, -0.15) is 61.1 Å². The van der Waals surface area contributed by atoms with Gasteiger partial charge in [-0.1, -0.05) is 0 Å². The van der Waals surface area contributed by atoms with Gasteiger partial charge in [-0.25, -0.2) is 4.18 Å². The van der Waals surface area contributed by atoms with Gasteiger partial charge in [0.15, 0.2) is 0 Å². The molecule has 0 saturated carbocycles. The highest BCUT2D eigenvalue weighted by Crippen LogP contribution is 2.61. The first kappa shape index (κ1) is 20.1. The van der Waals surface area contributed by atoms with Crippen molar-refractivity contribution in [3.8, 4) is 0 Å². The van der Waals surface area contributed by atoms with Crippen molar-refractivity contribution in [2.45, 2.75) is 35.4 Å². The van der Waals surface area contributed by atoms with E-state index < -0.39 is 45.5 Å². The van der Waals surface area contributed by atoms with Crippen LogP contribution in [-0.2, 0) is 19.0 Å². The first-order valence-corrected chi connectivity index (χ1v) is 5.99. The van der Waals surface area contributed by atoms with Crippen molar-refractivity contribution in [1.29, 1.82) is 0 Å². The summed E-state index contributed by atoms with van der Waals surface area (Å²) >= 11 is 0. The third kappa shape index (κ3) is 2.43. The van der Waals surface area contributed by atoms with Gasteiger partial charge < -0.3 is 0 Å². The van der Waals surface area contributed by atoms with E-state index in [1.54, 1.807) is 0 Å². The number of alkyl halides is 12. The molecule has 1 heterocycles. The summed E-state index contributed by atoms with van der Waals surface area (Å²) in [6.45, 7) is 0. The van der Waals surface area contributed by atoms with E-state index in [0.29, 0.717) is 0 Å². The van der Waals surface area contributed by atoms with Crippen molar-refractivity contribution in [1.82, 2.24) is 0 Å². The minimum atomic E-state index is -7.36. The van der Waals surface area contributed by atoms with Gasteiger partial charge in [-0.05, 0) is 0 Å². The van der Waals surface area contributed by atoms with Crippen molar-refractivity contribution in [3.63, 3.8) is 0 Å². The van der Waals surface area contributed by atoms with E-state index in [1.165, 1.54) is 0 Å². The maximum atomic E-state index is 13.4. The summed E-state index contributed by atoms with van der Waals surface area (Å²) in [4.78, 5) is 0. The summed E-state index contributed by atoms with van der Waals surface area (Å²) in [5.41, 5.74) is 0. The van der Waals surface area contributed by atoms with E-state index in [-0.39, 0.29) is 0 Å². The fourth-order valence-corrected chi connectivity index (χ4v) is 2.29. The van der Waals surface area contributed by atoms with Crippen LogP contribution in [0.4, 0.5) is 52.7 Å². The fraction of sp³-hybridized carbons (Fsp3) is 1.00. The average molecular weight is 396 g/mol. The molecule has 2 atom stereocenters. The highest BCUT2D eigenvalue weighted by Gasteiger charge is 2.92. The molecule has 1 aliphatic heterocycles. The molecule has 0 aromatic carbocycles. The van der Waals surface area contributed by atoms with E-state index >= 15 is 0 Å². The Hall–Kier alpha value is -0.970. The first-order chi connectivity index (χ1) is 9.66. The van der Waals surface area contributed by atoms with Gasteiger partial charge in [0.1, 0.15) is 0 Å². The molecular formula is C6F12O4S. The number of hydrogen-bond acceptors (Lipinski definition) is 4. The summed E-state index contributed by atoms with van der Waals surface area (Å²) < 4.78 is 173. The minimum absolute atomic E-state index is 1.83. The molecule has 23 heavy (non-hydrogen) atoms. The fourth-order valence-electron chi connectivity index (χ4n) is 1.11. The summed E-state index contributed by atoms with van der Waals surface area (Å²) in [5, 5.41) is -6.41. The lowest BCUT2D eigenvalue weighted by molar-refractivity contribution is -0.490. The maximum Gasteiger partial charge on any atom is 0.462 e. The minimum Gasteiger partial charge on any atom is -0.257 e. The van der Waals surface area contributed by atoms with Crippen molar-refractivity contribution in [2.75, 3.05) is 0 Å². The van der Waals surface area contributed by atoms with Crippen LogP contribution in [0.2, 0.25) is 0 Å². The van der Waals surface area contributed by atoms with Crippen LogP contribution in [0.1, 0.15) is 0 Å². The van der Waals surface area contributed by atoms with Gasteiger partial charge in [0.25, 0.3) is 0 Å². The third-order valence-corrected chi connectivity index (χ3v) is 3.71. The molecule has 0 aromatic heterocycles. The second-order valence-corrected chi connectivity index (χ2v) is 5.46. The monoisotopic (exact) mass is 396 g/mol. The smallest absolute Gasteiger partial charge is 0.257 e.